The van der Waals surface area contributed by atoms with Crippen LogP contribution in [0.15, 0.2) is 22.7 Å². The summed E-state index contributed by atoms with van der Waals surface area (Å²) in [5.41, 5.74) is 0. The summed E-state index contributed by atoms with van der Waals surface area (Å²) in [6, 6.07) is 3.29. The second kappa shape index (κ2) is 8.52. The number of carbonyl (C=O) groups excluding carboxylic acids is 2. The molecule has 0 radical (unpaired) electrons. The quantitative estimate of drug-likeness (QED) is 0.778. The highest BCUT2D eigenvalue weighted by molar-refractivity contribution is 9.10. The number of carbonyl (C=O) groups is 2. The standard InChI is InChI=1S/C13H16BrFN2O3/c1-2-3-6-16-13(19)17-12(18)8-20-11-5-4-9(15)7-10(11)14/h4-5,7H,2-3,6,8H2,1H3,(H2,16,17,18,19). The Balaban J connectivity index is 2.34. The van der Waals surface area contributed by atoms with Crippen molar-refractivity contribution in [1.29, 1.82) is 0 Å². The molecule has 0 aliphatic carbocycles. The third-order valence-electron chi connectivity index (χ3n) is 2.32. The molecule has 0 aliphatic rings. The fourth-order valence-electron chi connectivity index (χ4n) is 1.32. The zero-order chi connectivity index (χ0) is 15.0. The first-order valence-electron chi connectivity index (χ1n) is 6.18. The number of hydrogen-bond acceptors (Lipinski definition) is 3. The van der Waals surface area contributed by atoms with Crippen LogP contribution in [0.25, 0.3) is 0 Å². The number of urea groups is 1. The third kappa shape index (κ3) is 6.01. The Morgan fingerprint density at radius 1 is 1.40 bits per heavy atom. The van der Waals surface area contributed by atoms with Crippen LogP contribution in [-0.4, -0.2) is 25.1 Å². The number of benzene rings is 1. The van der Waals surface area contributed by atoms with Crippen LogP contribution < -0.4 is 15.4 Å². The summed E-state index contributed by atoms with van der Waals surface area (Å²) >= 11 is 3.11. The Morgan fingerprint density at radius 3 is 2.80 bits per heavy atom. The Kier molecular flexibility index (Phi) is 7.00. The predicted molar refractivity (Wildman–Crippen MR) is 76.0 cm³/mol. The molecule has 0 fully saturated rings. The van der Waals surface area contributed by atoms with Crippen molar-refractivity contribution in [2.24, 2.45) is 0 Å². The Labute approximate surface area is 125 Å². The third-order valence-corrected chi connectivity index (χ3v) is 2.94. The van der Waals surface area contributed by atoms with E-state index in [1.54, 1.807) is 0 Å². The molecule has 110 valence electrons. The van der Waals surface area contributed by atoms with Crippen molar-refractivity contribution in [1.82, 2.24) is 10.6 Å². The predicted octanol–water partition coefficient (Wildman–Crippen LogP) is 2.59. The Hall–Kier alpha value is -1.63. The zero-order valence-electron chi connectivity index (χ0n) is 11.0. The van der Waals surface area contributed by atoms with Gasteiger partial charge < -0.3 is 10.1 Å². The minimum absolute atomic E-state index is 0.327. The topological polar surface area (TPSA) is 67.4 Å². The minimum atomic E-state index is -0.574. The molecule has 0 aliphatic heterocycles. The van der Waals surface area contributed by atoms with E-state index in [4.69, 9.17) is 4.74 Å². The minimum Gasteiger partial charge on any atom is -0.483 e. The lowest BCUT2D eigenvalue weighted by Crippen LogP contribution is -2.41. The van der Waals surface area contributed by atoms with E-state index < -0.39 is 17.8 Å². The van der Waals surface area contributed by atoms with Crippen molar-refractivity contribution in [3.8, 4) is 5.75 Å². The second-order valence-corrected chi connectivity index (χ2v) is 4.88. The van der Waals surface area contributed by atoms with Crippen molar-refractivity contribution in [3.63, 3.8) is 0 Å². The number of hydrogen-bond donors (Lipinski definition) is 2. The maximum Gasteiger partial charge on any atom is 0.321 e. The highest BCUT2D eigenvalue weighted by atomic mass is 79.9. The van der Waals surface area contributed by atoms with Crippen LogP contribution in [0.4, 0.5) is 9.18 Å². The molecule has 7 heteroatoms. The molecule has 20 heavy (non-hydrogen) atoms. The molecule has 1 aromatic carbocycles. The van der Waals surface area contributed by atoms with Gasteiger partial charge in [0.25, 0.3) is 5.91 Å². The molecule has 0 unspecified atom stereocenters. The largest absolute Gasteiger partial charge is 0.483 e. The summed E-state index contributed by atoms with van der Waals surface area (Å²) in [5.74, 6) is -0.660. The summed E-state index contributed by atoms with van der Waals surface area (Å²) in [4.78, 5) is 22.7. The number of nitrogens with one attached hydrogen (secondary N) is 2. The average Bonchev–Trinajstić information content (AvgIpc) is 2.38. The summed E-state index contributed by atoms with van der Waals surface area (Å²) in [6.07, 6.45) is 1.80. The molecule has 0 atom stereocenters. The van der Waals surface area contributed by atoms with E-state index in [0.29, 0.717) is 16.8 Å². The number of ether oxygens (including phenoxy) is 1. The van der Waals surface area contributed by atoms with E-state index in [0.717, 1.165) is 12.8 Å². The maximum absolute atomic E-state index is 12.8. The molecule has 0 bridgehead atoms. The van der Waals surface area contributed by atoms with Crippen LogP contribution in [0.5, 0.6) is 5.75 Å². The van der Waals surface area contributed by atoms with Gasteiger partial charge in [0.15, 0.2) is 6.61 Å². The Bertz CT molecular complexity index is 483. The molecular weight excluding hydrogens is 331 g/mol. The van der Waals surface area contributed by atoms with Crippen LogP contribution in [0.2, 0.25) is 0 Å². The van der Waals surface area contributed by atoms with Gasteiger partial charge in [0, 0.05) is 6.54 Å². The van der Waals surface area contributed by atoms with E-state index in [-0.39, 0.29) is 6.61 Å². The maximum atomic E-state index is 12.8. The lowest BCUT2D eigenvalue weighted by Gasteiger charge is -2.09. The van der Waals surface area contributed by atoms with Crippen LogP contribution in [0.1, 0.15) is 19.8 Å². The molecule has 1 rings (SSSR count). The molecule has 5 nitrogen and oxygen atoms in total. The van der Waals surface area contributed by atoms with Crippen LogP contribution in [0.3, 0.4) is 0 Å². The molecule has 1 aromatic rings. The van der Waals surface area contributed by atoms with E-state index >= 15 is 0 Å². The average molecular weight is 347 g/mol. The number of halogens is 2. The fourth-order valence-corrected chi connectivity index (χ4v) is 1.79. The van der Waals surface area contributed by atoms with Gasteiger partial charge in [0.2, 0.25) is 0 Å². The van der Waals surface area contributed by atoms with Gasteiger partial charge in [-0.1, -0.05) is 13.3 Å². The lowest BCUT2D eigenvalue weighted by atomic mass is 10.3. The first kappa shape index (κ1) is 16.4. The van der Waals surface area contributed by atoms with E-state index in [2.05, 4.69) is 26.6 Å². The van der Waals surface area contributed by atoms with Crippen LogP contribution >= 0.6 is 15.9 Å². The zero-order valence-corrected chi connectivity index (χ0v) is 12.6. The van der Waals surface area contributed by atoms with E-state index in [9.17, 15) is 14.0 Å². The molecule has 3 amide bonds. The highest BCUT2D eigenvalue weighted by Crippen LogP contribution is 2.25. The molecule has 0 saturated heterocycles. The van der Waals surface area contributed by atoms with Gasteiger partial charge in [-0.05, 0) is 40.5 Å². The van der Waals surface area contributed by atoms with Gasteiger partial charge in [-0.25, -0.2) is 9.18 Å². The number of unbranched alkanes of at least 4 members (excludes halogenated alkanes) is 1. The summed E-state index contributed by atoms with van der Waals surface area (Å²) < 4.78 is 18.4. The number of amides is 3. The molecule has 0 saturated carbocycles. The van der Waals surface area contributed by atoms with Gasteiger partial charge in [0.05, 0.1) is 4.47 Å². The van der Waals surface area contributed by atoms with Gasteiger partial charge >= 0.3 is 6.03 Å². The molecule has 0 spiro atoms. The van der Waals surface area contributed by atoms with Crippen molar-refractivity contribution in [2.45, 2.75) is 19.8 Å². The summed E-state index contributed by atoms with van der Waals surface area (Å²) in [6.45, 7) is 2.19. The summed E-state index contributed by atoms with van der Waals surface area (Å²) in [5, 5.41) is 4.68. The van der Waals surface area contributed by atoms with Gasteiger partial charge in [0.1, 0.15) is 11.6 Å². The molecule has 0 heterocycles. The van der Waals surface area contributed by atoms with Gasteiger partial charge in [-0.15, -0.1) is 0 Å². The van der Waals surface area contributed by atoms with E-state index in [1.165, 1.54) is 18.2 Å². The van der Waals surface area contributed by atoms with Gasteiger partial charge in [-0.2, -0.15) is 0 Å². The monoisotopic (exact) mass is 346 g/mol. The fraction of sp³-hybridized carbons (Fsp3) is 0.385. The van der Waals surface area contributed by atoms with Gasteiger partial charge in [-0.3, -0.25) is 10.1 Å². The first-order chi connectivity index (χ1) is 9.52. The van der Waals surface area contributed by atoms with Crippen molar-refractivity contribution in [3.05, 3.63) is 28.5 Å². The SMILES string of the molecule is CCCCNC(=O)NC(=O)COc1ccc(F)cc1Br. The second-order valence-electron chi connectivity index (χ2n) is 4.02. The normalized spacial score (nSPS) is 9.95. The van der Waals surface area contributed by atoms with Crippen molar-refractivity contribution < 1.29 is 18.7 Å². The Morgan fingerprint density at radius 2 is 2.15 bits per heavy atom. The smallest absolute Gasteiger partial charge is 0.321 e. The van der Waals surface area contributed by atoms with Crippen molar-refractivity contribution in [2.75, 3.05) is 13.2 Å². The summed E-state index contributed by atoms with van der Waals surface area (Å²) in [7, 11) is 0. The molecule has 0 aromatic heterocycles. The number of imide groups is 1. The van der Waals surface area contributed by atoms with Crippen molar-refractivity contribution >= 4 is 27.9 Å². The first-order valence-corrected chi connectivity index (χ1v) is 6.97. The lowest BCUT2D eigenvalue weighted by molar-refractivity contribution is -0.122. The highest BCUT2D eigenvalue weighted by Gasteiger charge is 2.09. The molecule has 2 N–H and O–H groups in total. The van der Waals surface area contributed by atoms with Crippen LogP contribution in [-0.2, 0) is 4.79 Å². The number of rotatable bonds is 6. The molecular formula is C13H16BrFN2O3. The van der Waals surface area contributed by atoms with E-state index in [1.807, 2.05) is 6.92 Å². The van der Waals surface area contributed by atoms with Crippen LogP contribution in [0, 0.1) is 5.82 Å².